The molecule has 1 fully saturated rings. The van der Waals surface area contributed by atoms with E-state index >= 15 is 0 Å². The monoisotopic (exact) mass is 484 g/mol. The number of nitrogens with zero attached hydrogens (tertiary/aromatic N) is 4. The zero-order valence-electron chi connectivity index (χ0n) is 20.3. The minimum absolute atomic E-state index is 0.323. The summed E-state index contributed by atoms with van der Waals surface area (Å²) in [5.41, 5.74) is 5.12. The largest absolute Gasteiger partial charge is 0.390 e. The van der Waals surface area contributed by atoms with Gasteiger partial charge in [0, 0.05) is 42.5 Å². The van der Waals surface area contributed by atoms with E-state index in [4.69, 9.17) is 16.6 Å². The fraction of sp³-hybridized carbons (Fsp3) is 0.310. The van der Waals surface area contributed by atoms with Gasteiger partial charge in [0.2, 0.25) is 5.95 Å². The van der Waals surface area contributed by atoms with Crippen LogP contribution < -0.4 is 4.90 Å². The molecule has 3 heterocycles. The van der Waals surface area contributed by atoms with E-state index in [0.717, 1.165) is 70.3 Å². The number of imidazole rings is 1. The first-order valence-corrected chi connectivity index (χ1v) is 12.3. The highest BCUT2D eigenvalue weighted by Gasteiger charge is 2.31. The van der Waals surface area contributed by atoms with Crippen LogP contribution in [0.3, 0.4) is 0 Å². The number of benzene rings is 2. The molecular formula is C29H29ClN4O. The van der Waals surface area contributed by atoms with Gasteiger partial charge in [0.15, 0.2) is 0 Å². The Morgan fingerprint density at radius 2 is 1.69 bits per heavy atom. The van der Waals surface area contributed by atoms with Crippen LogP contribution in [-0.2, 0) is 7.05 Å². The van der Waals surface area contributed by atoms with E-state index in [-0.39, 0.29) is 0 Å². The highest BCUT2D eigenvalue weighted by atomic mass is 35.5. The molecule has 178 valence electrons. The van der Waals surface area contributed by atoms with Gasteiger partial charge in [-0.2, -0.15) is 0 Å². The number of hydrogen-bond acceptors (Lipinski definition) is 4. The van der Waals surface area contributed by atoms with Crippen molar-refractivity contribution in [3.63, 3.8) is 0 Å². The summed E-state index contributed by atoms with van der Waals surface area (Å²) in [7, 11) is 2.06. The van der Waals surface area contributed by atoms with Crippen LogP contribution in [0.15, 0.2) is 60.8 Å². The molecule has 0 saturated carbocycles. The summed E-state index contributed by atoms with van der Waals surface area (Å²) < 4.78 is 2.15. The fourth-order valence-corrected chi connectivity index (χ4v) is 4.88. The predicted molar refractivity (Wildman–Crippen MR) is 143 cm³/mol. The third-order valence-electron chi connectivity index (χ3n) is 6.91. The quantitative estimate of drug-likeness (QED) is 0.380. The van der Waals surface area contributed by atoms with Crippen LogP contribution in [-0.4, -0.2) is 38.3 Å². The molecule has 0 bridgehead atoms. The number of aromatic nitrogens is 3. The topological polar surface area (TPSA) is 54.2 Å². The van der Waals surface area contributed by atoms with Gasteiger partial charge in [-0.3, -0.25) is 0 Å². The Balaban J connectivity index is 1.32. The molecular weight excluding hydrogens is 456 g/mol. The van der Waals surface area contributed by atoms with Gasteiger partial charge in [0.25, 0.3) is 0 Å². The second-order valence-corrected chi connectivity index (χ2v) is 10.2. The van der Waals surface area contributed by atoms with E-state index in [1.807, 2.05) is 68.6 Å². The minimum Gasteiger partial charge on any atom is -0.390 e. The van der Waals surface area contributed by atoms with Crippen LogP contribution in [0.5, 0.6) is 0 Å². The number of anilines is 1. The molecule has 35 heavy (non-hydrogen) atoms. The summed E-state index contributed by atoms with van der Waals surface area (Å²) in [5, 5.41) is 11.1. The first-order valence-electron chi connectivity index (χ1n) is 12.0. The van der Waals surface area contributed by atoms with Gasteiger partial charge in [0.1, 0.15) is 5.69 Å². The van der Waals surface area contributed by atoms with Crippen molar-refractivity contribution in [2.75, 3.05) is 18.0 Å². The zero-order chi connectivity index (χ0) is 24.6. The van der Waals surface area contributed by atoms with Crippen molar-refractivity contribution >= 4 is 28.6 Å². The standard InChI is InChI=1S/C29H29ClN4O/c1-29(2,35)23-14-16-34(17-15-23)28-32-26-18-20(5-13-27(26)33(28)3)4-11-25-12-8-22(19-31-25)21-6-9-24(30)10-7-21/h5-10,12-13,18-19,23,35H,14-17H2,1-3H3. The summed E-state index contributed by atoms with van der Waals surface area (Å²) in [4.78, 5) is 11.7. The summed E-state index contributed by atoms with van der Waals surface area (Å²) >= 11 is 5.98. The third-order valence-corrected chi connectivity index (χ3v) is 7.16. The van der Waals surface area contributed by atoms with Crippen molar-refractivity contribution in [2.45, 2.75) is 32.3 Å². The van der Waals surface area contributed by atoms with Crippen LogP contribution in [0, 0.1) is 17.8 Å². The van der Waals surface area contributed by atoms with Crippen LogP contribution in [0.25, 0.3) is 22.2 Å². The molecule has 0 amide bonds. The molecule has 0 spiro atoms. The Hall–Kier alpha value is -3.33. The molecule has 5 nitrogen and oxygen atoms in total. The number of fused-ring (bicyclic) bond motifs is 1. The number of hydrogen-bond donors (Lipinski definition) is 1. The third kappa shape index (κ3) is 5.05. The van der Waals surface area contributed by atoms with Crippen LogP contribution >= 0.6 is 11.6 Å². The molecule has 1 aliphatic rings. The van der Waals surface area contributed by atoms with Gasteiger partial charge >= 0.3 is 0 Å². The first-order chi connectivity index (χ1) is 16.8. The lowest BCUT2D eigenvalue weighted by molar-refractivity contribution is 0.00637. The molecule has 5 rings (SSSR count). The summed E-state index contributed by atoms with van der Waals surface area (Å²) in [6.07, 6.45) is 3.77. The Morgan fingerprint density at radius 3 is 2.34 bits per heavy atom. The van der Waals surface area contributed by atoms with Crippen molar-refractivity contribution in [3.05, 3.63) is 77.1 Å². The number of halogens is 1. The zero-order valence-corrected chi connectivity index (χ0v) is 21.0. The van der Waals surface area contributed by atoms with Gasteiger partial charge in [-0.15, -0.1) is 0 Å². The molecule has 1 N–H and O–H groups in total. The van der Waals surface area contributed by atoms with Crippen molar-refractivity contribution in [3.8, 4) is 23.0 Å². The number of piperidine rings is 1. The SMILES string of the molecule is Cn1c(N2CCC(C(C)(C)O)CC2)nc2cc(C#Cc3ccc(-c4ccc(Cl)cc4)cn3)ccc21. The molecule has 2 aromatic heterocycles. The number of aliphatic hydroxyl groups is 1. The van der Waals surface area contributed by atoms with E-state index < -0.39 is 5.60 Å². The average molecular weight is 485 g/mol. The van der Waals surface area contributed by atoms with E-state index in [9.17, 15) is 5.11 Å². The highest BCUT2D eigenvalue weighted by molar-refractivity contribution is 6.30. The number of rotatable bonds is 3. The second kappa shape index (κ2) is 9.37. The van der Waals surface area contributed by atoms with Crippen molar-refractivity contribution in [1.82, 2.24) is 14.5 Å². The Morgan fingerprint density at radius 1 is 0.971 bits per heavy atom. The summed E-state index contributed by atoms with van der Waals surface area (Å²) in [6, 6.07) is 17.8. The minimum atomic E-state index is -0.628. The predicted octanol–water partition coefficient (Wildman–Crippen LogP) is 5.68. The lowest BCUT2D eigenvalue weighted by Crippen LogP contribution is -2.42. The maximum Gasteiger partial charge on any atom is 0.206 e. The Bertz CT molecular complexity index is 1400. The van der Waals surface area contributed by atoms with Gasteiger partial charge < -0.3 is 14.6 Å². The van der Waals surface area contributed by atoms with E-state index in [1.54, 1.807) is 0 Å². The van der Waals surface area contributed by atoms with Crippen molar-refractivity contribution in [1.29, 1.82) is 0 Å². The normalized spacial score (nSPS) is 14.7. The van der Waals surface area contributed by atoms with Gasteiger partial charge in [-0.1, -0.05) is 35.7 Å². The van der Waals surface area contributed by atoms with E-state index in [0.29, 0.717) is 5.92 Å². The van der Waals surface area contributed by atoms with Crippen molar-refractivity contribution in [2.24, 2.45) is 13.0 Å². The van der Waals surface area contributed by atoms with Crippen LogP contribution in [0.4, 0.5) is 5.95 Å². The fourth-order valence-electron chi connectivity index (χ4n) is 4.75. The lowest BCUT2D eigenvalue weighted by Gasteiger charge is -2.38. The van der Waals surface area contributed by atoms with Gasteiger partial charge in [0.05, 0.1) is 16.6 Å². The maximum absolute atomic E-state index is 10.3. The van der Waals surface area contributed by atoms with Crippen molar-refractivity contribution < 1.29 is 5.11 Å². The first kappa shape index (κ1) is 23.4. The lowest BCUT2D eigenvalue weighted by atomic mass is 9.83. The average Bonchev–Trinajstić information content (AvgIpc) is 3.19. The molecule has 0 unspecified atom stereocenters. The van der Waals surface area contributed by atoms with Gasteiger partial charge in [-0.25, -0.2) is 9.97 Å². The molecule has 4 aromatic rings. The Kier molecular flexibility index (Phi) is 6.27. The molecule has 1 saturated heterocycles. The summed E-state index contributed by atoms with van der Waals surface area (Å²) in [6.45, 7) is 5.62. The molecule has 6 heteroatoms. The molecule has 0 aliphatic carbocycles. The van der Waals surface area contributed by atoms with Gasteiger partial charge in [-0.05, 0) is 80.5 Å². The molecule has 0 atom stereocenters. The number of pyridine rings is 1. The Labute approximate surface area is 211 Å². The van der Waals surface area contributed by atoms with E-state index in [2.05, 4.69) is 39.4 Å². The molecule has 2 aromatic carbocycles. The second-order valence-electron chi connectivity index (χ2n) is 9.78. The highest BCUT2D eigenvalue weighted by Crippen LogP contribution is 2.31. The number of aryl methyl sites for hydroxylation is 1. The van der Waals surface area contributed by atoms with Crippen LogP contribution in [0.1, 0.15) is 37.9 Å². The smallest absolute Gasteiger partial charge is 0.206 e. The molecule has 1 aliphatic heterocycles. The molecule has 0 radical (unpaired) electrons. The summed E-state index contributed by atoms with van der Waals surface area (Å²) in [5.74, 6) is 7.69. The van der Waals surface area contributed by atoms with Crippen LogP contribution in [0.2, 0.25) is 5.02 Å². The maximum atomic E-state index is 10.3. The van der Waals surface area contributed by atoms with E-state index in [1.165, 1.54) is 0 Å².